The molecule has 0 fully saturated rings. The first-order valence-corrected chi connectivity index (χ1v) is 7.80. The van der Waals surface area contributed by atoms with E-state index in [1.165, 1.54) is 0 Å². The van der Waals surface area contributed by atoms with Crippen LogP contribution in [0.15, 0.2) is 30.3 Å². The van der Waals surface area contributed by atoms with E-state index in [0.717, 1.165) is 5.56 Å². The van der Waals surface area contributed by atoms with Crippen molar-refractivity contribution in [2.45, 2.75) is 18.5 Å². The van der Waals surface area contributed by atoms with E-state index in [1.807, 2.05) is 35.6 Å². The zero-order chi connectivity index (χ0) is 19.5. The quantitative estimate of drug-likeness (QED) is 0.262. The second-order valence-corrected chi connectivity index (χ2v) is 5.43. The van der Waals surface area contributed by atoms with Crippen molar-refractivity contribution in [1.29, 1.82) is 0 Å². The number of rotatable bonds is 10. The predicted molar refractivity (Wildman–Crippen MR) is 90.8 cm³/mol. The van der Waals surface area contributed by atoms with Crippen LogP contribution in [0.25, 0.3) is 0 Å². The maximum Gasteiger partial charge on any atom is 0.328 e. The Morgan fingerprint density at radius 2 is 1.62 bits per heavy atom. The highest BCUT2D eigenvalue weighted by Crippen LogP contribution is 2.01. The third kappa shape index (κ3) is 7.73. The summed E-state index contributed by atoms with van der Waals surface area (Å²) < 4.78 is 0. The van der Waals surface area contributed by atoms with Crippen LogP contribution in [0.3, 0.4) is 0 Å². The summed E-state index contributed by atoms with van der Waals surface area (Å²) in [5.74, 6) is -3.34. The molecular formula is C16H22N4O6. The van der Waals surface area contributed by atoms with Gasteiger partial charge in [-0.15, -0.1) is 0 Å². The van der Waals surface area contributed by atoms with E-state index in [1.54, 1.807) is 0 Å². The summed E-state index contributed by atoms with van der Waals surface area (Å²) in [6, 6.07) is 6.87. The molecule has 7 N–H and O–H groups in total. The van der Waals surface area contributed by atoms with Crippen LogP contribution in [-0.2, 0) is 25.6 Å². The molecule has 0 unspecified atom stereocenters. The van der Waals surface area contributed by atoms with Gasteiger partial charge in [-0.25, -0.2) is 4.79 Å². The normalized spacial score (nSPS) is 12.5. The summed E-state index contributed by atoms with van der Waals surface area (Å²) in [4.78, 5) is 45.6. The van der Waals surface area contributed by atoms with Crippen molar-refractivity contribution < 1.29 is 29.4 Å². The van der Waals surface area contributed by atoms with Gasteiger partial charge >= 0.3 is 5.97 Å². The van der Waals surface area contributed by atoms with E-state index in [9.17, 15) is 19.2 Å². The molecule has 0 aliphatic heterocycles. The smallest absolute Gasteiger partial charge is 0.328 e. The number of nitrogens with two attached hydrogens (primary N) is 1. The molecule has 2 atom stereocenters. The van der Waals surface area contributed by atoms with Gasteiger partial charge in [-0.3, -0.25) is 14.4 Å². The standard InChI is InChI=1S/C16H22N4O6/c17-11(6-10-4-2-1-3-5-10)15(24)19-7-13(22)18-8-14(23)20-12(9-21)16(25)26/h1-5,11-12,21H,6-9,17H2,(H,18,22)(H,19,24)(H,20,23)(H,25,26)/t11-,12-/m0/s1. The lowest BCUT2D eigenvalue weighted by Crippen LogP contribution is -2.49. The summed E-state index contributed by atoms with van der Waals surface area (Å²) in [5.41, 5.74) is 6.65. The van der Waals surface area contributed by atoms with Crippen LogP contribution in [0.1, 0.15) is 5.56 Å². The summed E-state index contributed by atoms with van der Waals surface area (Å²) in [5, 5.41) is 24.1. The second kappa shape index (κ2) is 10.8. The summed E-state index contributed by atoms with van der Waals surface area (Å²) >= 11 is 0. The zero-order valence-electron chi connectivity index (χ0n) is 14.0. The molecule has 26 heavy (non-hydrogen) atoms. The van der Waals surface area contributed by atoms with Crippen molar-refractivity contribution >= 4 is 23.7 Å². The zero-order valence-corrected chi connectivity index (χ0v) is 14.0. The van der Waals surface area contributed by atoms with Crippen LogP contribution in [0, 0.1) is 0 Å². The molecule has 0 saturated carbocycles. The van der Waals surface area contributed by atoms with Gasteiger partial charge in [0.1, 0.15) is 6.04 Å². The van der Waals surface area contributed by atoms with Gasteiger partial charge in [0.2, 0.25) is 17.7 Å². The summed E-state index contributed by atoms with van der Waals surface area (Å²) in [6.07, 6.45) is 0.314. The Morgan fingerprint density at radius 1 is 1.00 bits per heavy atom. The van der Waals surface area contributed by atoms with E-state index in [2.05, 4.69) is 10.6 Å². The molecule has 0 heterocycles. The Hall–Kier alpha value is -2.98. The number of carboxylic acid groups (broad SMARTS) is 1. The number of aliphatic hydroxyl groups excluding tert-OH is 1. The number of amides is 3. The molecule has 1 aromatic carbocycles. The van der Waals surface area contributed by atoms with Crippen molar-refractivity contribution in [2.75, 3.05) is 19.7 Å². The Bertz CT molecular complexity index is 637. The third-order valence-electron chi connectivity index (χ3n) is 3.32. The van der Waals surface area contributed by atoms with E-state index >= 15 is 0 Å². The monoisotopic (exact) mass is 366 g/mol. The Morgan fingerprint density at radius 3 is 2.19 bits per heavy atom. The van der Waals surface area contributed by atoms with Crippen LogP contribution in [-0.4, -0.2) is 65.7 Å². The minimum absolute atomic E-state index is 0.314. The molecule has 10 heteroatoms. The van der Waals surface area contributed by atoms with E-state index in [0.29, 0.717) is 6.42 Å². The molecule has 0 aliphatic rings. The molecule has 10 nitrogen and oxygen atoms in total. The lowest BCUT2D eigenvalue weighted by molar-refractivity contribution is -0.142. The summed E-state index contributed by atoms with van der Waals surface area (Å²) in [6.45, 7) is -1.64. The highest BCUT2D eigenvalue weighted by molar-refractivity contribution is 5.90. The predicted octanol–water partition coefficient (Wildman–Crippen LogP) is -2.65. The fraction of sp³-hybridized carbons (Fsp3) is 0.375. The van der Waals surface area contributed by atoms with Crippen LogP contribution >= 0.6 is 0 Å². The Balaban J connectivity index is 2.29. The first-order valence-electron chi connectivity index (χ1n) is 7.80. The van der Waals surface area contributed by atoms with Gasteiger partial charge in [0.25, 0.3) is 0 Å². The number of aliphatic hydroxyl groups is 1. The summed E-state index contributed by atoms with van der Waals surface area (Å²) in [7, 11) is 0. The molecular weight excluding hydrogens is 344 g/mol. The molecule has 0 bridgehead atoms. The average molecular weight is 366 g/mol. The number of aliphatic carboxylic acids is 1. The molecule has 1 aromatic rings. The maximum absolute atomic E-state index is 11.9. The molecule has 0 aliphatic carbocycles. The van der Waals surface area contributed by atoms with Gasteiger partial charge in [-0.1, -0.05) is 30.3 Å². The Labute approximate surface area is 149 Å². The van der Waals surface area contributed by atoms with Crippen molar-refractivity contribution in [3.8, 4) is 0 Å². The lowest BCUT2D eigenvalue weighted by Gasteiger charge is -2.13. The lowest BCUT2D eigenvalue weighted by atomic mass is 10.1. The first-order chi connectivity index (χ1) is 12.3. The van der Waals surface area contributed by atoms with Crippen LogP contribution in [0.4, 0.5) is 0 Å². The van der Waals surface area contributed by atoms with E-state index in [-0.39, 0.29) is 6.54 Å². The van der Waals surface area contributed by atoms with Gasteiger partial charge in [0, 0.05) is 0 Å². The van der Waals surface area contributed by atoms with Crippen molar-refractivity contribution in [3.63, 3.8) is 0 Å². The van der Waals surface area contributed by atoms with E-state index < -0.39 is 48.9 Å². The number of carbonyl (C=O) groups is 4. The fourth-order valence-corrected chi connectivity index (χ4v) is 1.93. The Kier molecular flexibility index (Phi) is 8.75. The fourth-order valence-electron chi connectivity index (χ4n) is 1.93. The second-order valence-electron chi connectivity index (χ2n) is 5.43. The largest absolute Gasteiger partial charge is 0.480 e. The number of carbonyl (C=O) groups excluding carboxylic acids is 3. The van der Waals surface area contributed by atoms with Gasteiger partial charge in [0.05, 0.1) is 25.7 Å². The van der Waals surface area contributed by atoms with Crippen LogP contribution in [0.5, 0.6) is 0 Å². The maximum atomic E-state index is 11.9. The van der Waals surface area contributed by atoms with Crippen molar-refractivity contribution in [3.05, 3.63) is 35.9 Å². The highest BCUT2D eigenvalue weighted by Gasteiger charge is 2.19. The third-order valence-corrected chi connectivity index (χ3v) is 3.32. The molecule has 0 aromatic heterocycles. The first kappa shape index (κ1) is 21.1. The average Bonchev–Trinajstić information content (AvgIpc) is 2.62. The van der Waals surface area contributed by atoms with Crippen molar-refractivity contribution in [1.82, 2.24) is 16.0 Å². The van der Waals surface area contributed by atoms with Crippen LogP contribution in [0.2, 0.25) is 0 Å². The van der Waals surface area contributed by atoms with Gasteiger partial charge in [-0.05, 0) is 12.0 Å². The van der Waals surface area contributed by atoms with Gasteiger partial charge in [-0.2, -0.15) is 0 Å². The van der Waals surface area contributed by atoms with Crippen LogP contribution < -0.4 is 21.7 Å². The van der Waals surface area contributed by atoms with Gasteiger partial charge in [0.15, 0.2) is 0 Å². The minimum atomic E-state index is -1.45. The number of benzene rings is 1. The number of hydrogen-bond acceptors (Lipinski definition) is 6. The SMILES string of the molecule is N[C@@H](Cc1ccccc1)C(=O)NCC(=O)NCC(=O)N[C@@H](CO)C(=O)O. The van der Waals surface area contributed by atoms with Gasteiger partial charge < -0.3 is 31.9 Å². The minimum Gasteiger partial charge on any atom is -0.480 e. The topological polar surface area (TPSA) is 171 Å². The molecule has 142 valence electrons. The molecule has 0 saturated heterocycles. The molecule has 3 amide bonds. The molecule has 0 radical (unpaired) electrons. The van der Waals surface area contributed by atoms with E-state index in [4.69, 9.17) is 15.9 Å². The number of hydrogen-bond donors (Lipinski definition) is 6. The number of nitrogens with one attached hydrogen (secondary N) is 3. The van der Waals surface area contributed by atoms with Crippen molar-refractivity contribution in [2.24, 2.45) is 5.73 Å². The number of carboxylic acids is 1. The highest BCUT2D eigenvalue weighted by atomic mass is 16.4. The molecule has 1 rings (SSSR count). The molecule has 0 spiro atoms.